The molecule has 0 aliphatic carbocycles. The van der Waals surface area contributed by atoms with E-state index in [2.05, 4.69) is 31.2 Å². The van der Waals surface area contributed by atoms with Crippen molar-refractivity contribution in [3.63, 3.8) is 0 Å². The topological polar surface area (TPSA) is 75.1 Å². The number of nitrogens with one attached hydrogen (secondary N) is 1. The van der Waals surface area contributed by atoms with Crippen LogP contribution < -0.4 is 5.32 Å². The van der Waals surface area contributed by atoms with Crippen LogP contribution in [0.5, 0.6) is 0 Å². The Morgan fingerprint density at radius 2 is 2.05 bits per heavy atom. The molecular weight excluding hydrogens is 334 g/mol. The van der Waals surface area contributed by atoms with Crippen molar-refractivity contribution in [1.29, 1.82) is 0 Å². The predicted octanol–water partition coefficient (Wildman–Crippen LogP) is 3.83. The summed E-state index contributed by atoms with van der Waals surface area (Å²) < 4.78 is 0.901. The fourth-order valence-corrected chi connectivity index (χ4v) is 2.35. The van der Waals surface area contributed by atoms with Crippen LogP contribution in [0.4, 0.5) is 11.5 Å². The number of fused-ring (bicyclic) bond motifs is 1. The normalized spacial score (nSPS) is 10.5. The van der Waals surface area contributed by atoms with Crippen molar-refractivity contribution in [3.05, 3.63) is 58.8 Å². The van der Waals surface area contributed by atoms with Gasteiger partial charge in [0.05, 0.1) is 16.8 Å². The number of hydrogen-bond acceptors (Lipinski definition) is 4. The Morgan fingerprint density at radius 3 is 2.86 bits per heavy atom. The van der Waals surface area contributed by atoms with Crippen molar-refractivity contribution >= 4 is 44.3 Å². The zero-order valence-corrected chi connectivity index (χ0v) is 12.3. The van der Waals surface area contributed by atoms with E-state index in [1.165, 1.54) is 18.3 Å². The molecule has 5 nitrogen and oxygen atoms in total. The largest absolute Gasteiger partial charge is 0.478 e. The molecule has 6 heteroatoms. The highest BCUT2D eigenvalue weighted by molar-refractivity contribution is 9.10. The lowest BCUT2D eigenvalue weighted by atomic mass is 10.2. The van der Waals surface area contributed by atoms with Crippen LogP contribution in [0.15, 0.2) is 53.3 Å². The van der Waals surface area contributed by atoms with Gasteiger partial charge in [0.25, 0.3) is 0 Å². The van der Waals surface area contributed by atoms with Gasteiger partial charge in [0, 0.05) is 22.3 Å². The van der Waals surface area contributed by atoms with Crippen LogP contribution in [0.3, 0.4) is 0 Å². The molecule has 0 radical (unpaired) electrons. The molecule has 0 fully saturated rings. The van der Waals surface area contributed by atoms with Crippen LogP contribution in [-0.2, 0) is 0 Å². The highest BCUT2D eigenvalue weighted by atomic mass is 79.9. The highest BCUT2D eigenvalue weighted by Crippen LogP contribution is 2.26. The second-order valence-corrected chi connectivity index (χ2v) is 5.31. The first-order valence-electron chi connectivity index (χ1n) is 6.14. The first-order valence-corrected chi connectivity index (χ1v) is 6.93. The van der Waals surface area contributed by atoms with Gasteiger partial charge in [-0.25, -0.2) is 9.78 Å². The van der Waals surface area contributed by atoms with Gasteiger partial charge < -0.3 is 10.4 Å². The standard InChI is InChI=1S/C15H10BrN3O2/c16-11-6-9-2-1-3-12(14(9)18-8-11)19-13-7-10(15(20)21)4-5-17-13/h1-8H,(H,17,19)(H,20,21). The number of aromatic carboxylic acids is 1. The van der Waals surface area contributed by atoms with Gasteiger partial charge >= 0.3 is 5.97 Å². The molecule has 0 atom stereocenters. The smallest absolute Gasteiger partial charge is 0.335 e. The number of rotatable bonds is 3. The van der Waals surface area contributed by atoms with E-state index >= 15 is 0 Å². The monoisotopic (exact) mass is 343 g/mol. The first kappa shape index (κ1) is 13.5. The molecule has 0 saturated heterocycles. The van der Waals surface area contributed by atoms with E-state index in [4.69, 9.17) is 5.11 Å². The summed E-state index contributed by atoms with van der Waals surface area (Å²) in [7, 11) is 0. The van der Waals surface area contributed by atoms with Crippen LogP contribution in [0, 0.1) is 0 Å². The summed E-state index contributed by atoms with van der Waals surface area (Å²) >= 11 is 3.39. The van der Waals surface area contributed by atoms with Crippen LogP contribution in [-0.4, -0.2) is 21.0 Å². The zero-order valence-electron chi connectivity index (χ0n) is 10.7. The fourth-order valence-electron chi connectivity index (χ4n) is 2.00. The molecule has 3 aromatic rings. The maximum atomic E-state index is 11.0. The lowest BCUT2D eigenvalue weighted by molar-refractivity contribution is 0.0697. The molecule has 0 aliphatic rings. The molecule has 21 heavy (non-hydrogen) atoms. The van der Waals surface area contributed by atoms with Crippen molar-refractivity contribution in [2.24, 2.45) is 0 Å². The third-order valence-electron chi connectivity index (χ3n) is 2.95. The Hall–Kier alpha value is -2.47. The molecule has 0 unspecified atom stereocenters. The third-order valence-corrected chi connectivity index (χ3v) is 3.38. The lowest BCUT2D eigenvalue weighted by Crippen LogP contribution is -2.00. The van der Waals surface area contributed by atoms with E-state index in [-0.39, 0.29) is 5.56 Å². The van der Waals surface area contributed by atoms with Gasteiger partial charge in [-0.15, -0.1) is 0 Å². The summed E-state index contributed by atoms with van der Waals surface area (Å²) in [6, 6.07) is 10.6. The molecule has 0 saturated carbocycles. The zero-order chi connectivity index (χ0) is 14.8. The van der Waals surface area contributed by atoms with Crippen LogP contribution >= 0.6 is 15.9 Å². The van der Waals surface area contributed by atoms with E-state index in [1.807, 2.05) is 24.3 Å². The van der Waals surface area contributed by atoms with Crippen molar-refractivity contribution in [2.45, 2.75) is 0 Å². The number of nitrogens with zero attached hydrogens (tertiary/aromatic N) is 2. The van der Waals surface area contributed by atoms with Gasteiger partial charge in [0.15, 0.2) is 0 Å². The van der Waals surface area contributed by atoms with Crippen molar-refractivity contribution in [3.8, 4) is 0 Å². The number of carboxylic acids is 1. The summed E-state index contributed by atoms with van der Waals surface area (Å²) in [4.78, 5) is 19.5. The number of carboxylic acid groups (broad SMARTS) is 1. The van der Waals surface area contributed by atoms with Gasteiger partial charge in [0.1, 0.15) is 5.82 Å². The second kappa shape index (κ2) is 5.49. The number of aromatic nitrogens is 2. The third kappa shape index (κ3) is 2.85. The molecule has 2 heterocycles. The maximum absolute atomic E-state index is 11.0. The summed E-state index contributed by atoms with van der Waals surface area (Å²) in [6.45, 7) is 0. The molecule has 0 amide bonds. The van der Waals surface area contributed by atoms with Crippen LogP contribution in [0.1, 0.15) is 10.4 Å². The number of anilines is 2. The summed E-state index contributed by atoms with van der Waals surface area (Å²) in [5, 5.41) is 13.1. The number of hydrogen-bond donors (Lipinski definition) is 2. The van der Waals surface area contributed by atoms with Crippen LogP contribution in [0.2, 0.25) is 0 Å². The maximum Gasteiger partial charge on any atom is 0.335 e. The summed E-state index contributed by atoms with van der Waals surface area (Å²) in [6.07, 6.45) is 3.18. The number of benzene rings is 1. The molecule has 1 aromatic carbocycles. The predicted molar refractivity (Wildman–Crippen MR) is 83.9 cm³/mol. The van der Waals surface area contributed by atoms with Crippen molar-refractivity contribution < 1.29 is 9.90 Å². The Labute approximate surface area is 128 Å². The summed E-state index contributed by atoms with van der Waals surface area (Å²) in [5.41, 5.74) is 1.75. The SMILES string of the molecule is O=C(O)c1ccnc(Nc2cccc3cc(Br)cnc23)c1. The Bertz CT molecular complexity index is 836. The summed E-state index contributed by atoms with van der Waals surface area (Å²) in [5.74, 6) is -0.521. The fraction of sp³-hybridized carbons (Fsp3) is 0. The van der Waals surface area contributed by atoms with Crippen LogP contribution in [0.25, 0.3) is 10.9 Å². The molecule has 2 aromatic heterocycles. The molecule has 0 bridgehead atoms. The Balaban J connectivity index is 2.02. The number of carbonyl (C=O) groups is 1. The van der Waals surface area contributed by atoms with E-state index < -0.39 is 5.97 Å². The Kier molecular flexibility index (Phi) is 3.53. The first-order chi connectivity index (χ1) is 10.1. The van der Waals surface area contributed by atoms with Gasteiger partial charge in [0.2, 0.25) is 0 Å². The lowest BCUT2D eigenvalue weighted by Gasteiger charge is -2.09. The second-order valence-electron chi connectivity index (χ2n) is 4.39. The minimum atomic E-state index is -0.986. The van der Waals surface area contributed by atoms with Crippen molar-refractivity contribution in [1.82, 2.24) is 9.97 Å². The molecule has 104 valence electrons. The molecule has 3 rings (SSSR count). The van der Waals surface area contributed by atoms with Gasteiger partial charge in [-0.05, 0) is 40.2 Å². The van der Waals surface area contributed by atoms with E-state index in [0.717, 1.165) is 21.1 Å². The quantitative estimate of drug-likeness (QED) is 0.755. The number of para-hydroxylation sites is 1. The van der Waals surface area contributed by atoms with E-state index in [0.29, 0.717) is 5.82 Å². The van der Waals surface area contributed by atoms with E-state index in [9.17, 15) is 4.79 Å². The average Bonchev–Trinajstić information content (AvgIpc) is 2.47. The average molecular weight is 344 g/mol. The minimum Gasteiger partial charge on any atom is -0.478 e. The molecule has 0 spiro atoms. The highest BCUT2D eigenvalue weighted by Gasteiger charge is 2.07. The molecule has 2 N–H and O–H groups in total. The van der Waals surface area contributed by atoms with Gasteiger partial charge in [-0.2, -0.15) is 0 Å². The number of pyridine rings is 2. The Morgan fingerprint density at radius 1 is 1.19 bits per heavy atom. The van der Waals surface area contributed by atoms with Gasteiger partial charge in [-0.3, -0.25) is 4.98 Å². The molecular formula is C15H10BrN3O2. The molecule has 0 aliphatic heterocycles. The minimum absolute atomic E-state index is 0.184. The van der Waals surface area contributed by atoms with Gasteiger partial charge in [-0.1, -0.05) is 12.1 Å². The van der Waals surface area contributed by atoms with E-state index in [1.54, 1.807) is 6.20 Å². The number of halogens is 1. The van der Waals surface area contributed by atoms with Crippen molar-refractivity contribution in [2.75, 3.05) is 5.32 Å².